The minimum atomic E-state index is -1.16. The van der Waals surface area contributed by atoms with E-state index in [1.165, 1.54) is 12.1 Å². The lowest BCUT2D eigenvalue weighted by Gasteiger charge is -2.21. The van der Waals surface area contributed by atoms with Gasteiger partial charge >= 0.3 is 5.97 Å². The molecule has 0 aromatic heterocycles. The van der Waals surface area contributed by atoms with Gasteiger partial charge in [-0.05, 0) is 36.4 Å². The third-order valence-electron chi connectivity index (χ3n) is 4.31. The molecule has 0 saturated carbocycles. The van der Waals surface area contributed by atoms with Crippen molar-refractivity contribution in [1.82, 2.24) is 0 Å². The fourth-order valence-corrected chi connectivity index (χ4v) is 4.25. The molecule has 3 aromatic carbocycles. The van der Waals surface area contributed by atoms with Crippen LogP contribution in [-0.2, 0) is 0 Å². The van der Waals surface area contributed by atoms with Gasteiger partial charge in [0.2, 0.25) is 0 Å². The first-order chi connectivity index (χ1) is 13.0. The van der Waals surface area contributed by atoms with Crippen LogP contribution < -0.4 is 0 Å². The zero-order chi connectivity index (χ0) is 19.1. The molecule has 0 fully saturated rings. The number of rotatable bonds is 3. The largest absolute Gasteiger partial charge is 0.478 e. The molecule has 1 N–H and O–H groups in total. The van der Waals surface area contributed by atoms with Crippen molar-refractivity contribution in [2.24, 2.45) is 0 Å². The van der Waals surface area contributed by atoms with E-state index in [2.05, 4.69) is 0 Å². The van der Waals surface area contributed by atoms with E-state index in [0.29, 0.717) is 10.6 Å². The van der Waals surface area contributed by atoms with Gasteiger partial charge in [-0.1, -0.05) is 47.6 Å². The van der Waals surface area contributed by atoms with Gasteiger partial charge in [-0.2, -0.15) is 0 Å². The summed E-state index contributed by atoms with van der Waals surface area (Å²) in [6.45, 7) is 0. The highest BCUT2D eigenvalue weighted by molar-refractivity contribution is 7.99. The molecule has 0 atom stereocenters. The summed E-state index contributed by atoms with van der Waals surface area (Å²) in [4.78, 5) is 38.7. The molecule has 1 aliphatic carbocycles. The molecular formula is C21H11ClO4S. The molecule has 0 aliphatic heterocycles. The molecule has 0 radical (unpaired) electrons. The Balaban J connectivity index is 1.94. The number of carbonyl (C=O) groups excluding carboxylic acids is 2. The van der Waals surface area contributed by atoms with E-state index in [1.807, 2.05) is 0 Å². The monoisotopic (exact) mass is 394 g/mol. The Kier molecular flexibility index (Phi) is 4.34. The fourth-order valence-electron chi connectivity index (χ4n) is 3.05. The molecule has 4 nitrogen and oxygen atoms in total. The van der Waals surface area contributed by atoms with E-state index in [1.54, 1.807) is 48.5 Å². The molecule has 1 aliphatic rings. The summed E-state index contributed by atoms with van der Waals surface area (Å²) in [6, 6.07) is 16.2. The Bertz CT molecular complexity index is 1120. The highest BCUT2D eigenvalue weighted by Crippen LogP contribution is 2.39. The maximum Gasteiger partial charge on any atom is 0.336 e. The molecule has 0 amide bonds. The van der Waals surface area contributed by atoms with Crippen LogP contribution in [0.3, 0.4) is 0 Å². The van der Waals surface area contributed by atoms with Crippen LogP contribution in [0.1, 0.15) is 42.2 Å². The summed E-state index contributed by atoms with van der Waals surface area (Å²) < 4.78 is 0. The summed E-state index contributed by atoms with van der Waals surface area (Å²) >= 11 is 7.04. The van der Waals surface area contributed by atoms with Crippen LogP contribution in [0.2, 0.25) is 5.02 Å². The Hall–Kier alpha value is -2.89. The lowest BCUT2D eigenvalue weighted by atomic mass is 9.83. The first kappa shape index (κ1) is 17.5. The Morgan fingerprint density at radius 1 is 0.815 bits per heavy atom. The second-order valence-corrected chi connectivity index (χ2v) is 7.45. The molecule has 6 heteroatoms. The molecule has 0 heterocycles. The molecule has 0 saturated heterocycles. The number of ketones is 2. The zero-order valence-corrected chi connectivity index (χ0v) is 15.3. The van der Waals surface area contributed by atoms with E-state index in [0.717, 1.165) is 16.7 Å². The van der Waals surface area contributed by atoms with Gasteiger partial charge in [0, 0.05) is 37.1 Å². The SMILES string of the molecule is O=C(O)c1ccc2c(c1Sc1ccc(Cl)cc1)C(=O)c1ccccc1C2=O. The molecule has 132 valence electrons. The number of carbonyl (C=O) groups is 3. The summed E-state index contributed by atoms with van der Waals surface area (Å²) in [6.07, 6.45) is 0. The summed E-state index contributed by atoms with van der Waals surface area (Å²) in [5, 5.41) is 10.2. The molecule has 27 heavy (non-hydrogen) atoms. The second-order valence-electron chi connectivity index (χ2n) is 5.93. The molecule has 0 spiro atoms. The first-order valence-corrected chi connectivity index (χ1v) is 9.19. The number of hydrogen-bond acceptors (Lipinski definition) is 4. The third-order valence-corrected chi connectivity index (χ3v) is 5.70. The number of aromatic carboxylic acids is 1. The average Bonchev–Trinajstić information content (AvgIpc) is 2.67. The standard InChI is InChI=1S/C21H11ClO4S/c22-11-5-7-12(8-6-11)27-20-16(21(25)26)10-9-15-17(20)19(24)14-4-2-1-3-13(14)18(15)23/h1-10H,(H,25,26). The lowest BCUT2D eigenvalue weighted by molar-refractivity contribution is 0.0692. The van der Waals surface area contributed by atoms with Crippen LogP contribution in [0.15, 0.2) is 70.5 Å². The lowest BCUT2D eigenvalue weighted by Crippen LogP contribution is -2.22. The molecule has 0 unspecified atom stereocenters. The van der Waals surface area contributed by atoms with Crippen LogP contribution in [-0.4, -0.2) is 22.6 Å². The van der Waals surface area contributed by atoms with Crippen LogP contribution >= 0.6 is 23.4 Å². The van der Waals surface area contributed by atoms with Crippen molar-refractivity contribution in [2.45, 2.75) is 9.79 Å². The van der Waals surface area contributed by atoms with Gasteiger partial charge in [-0.25, -0.2) is 4.79 Å². The smallest absolute Gasteiger partial charge is 0.336 e. The van der Waals surface area contributed by atoms with Crippen molar-refractivity contribution >= 4 is 40.9 Å². The highest BCUT2D eigenvalue weighted by Gasteiger charge is 2.33. The summed E-state index contributed by atoms with van der Waals surface area (Å²) in [7, 11) is 0. The first-order valence-electron chi connectivity index (χ1n) is 7.99. The normalized spacial score (nSPS) is 12.5. The molecular weight excluding hydrogens is 384 g/mol. The summed E-state index contributed by atoms with van der Waals surface area (Å²) in [5.74, 6) is -1.79. The Morgan fingerprint density at radius 2 is 1.44 bits per heavy atom. The zero-order valence-electron chi connectivity index (χ0n) is 13.7. The molecule has 3 aromatic rings. The van der Waals surface area contributed by atoms with Gasteiger partial charge in [-0.3, -0.25) is 9.59 Å². The number of fused-ring (bicyclic) bond motifs is 2. The topological polar surface area (TPSA) is 71.4 Å². The van der Waals surface area contributed by atoms with Crippen molar-refractivity contribution in [3.8, 4) is 0 Å². The number of halogens is 1. The highest BCUT2D eigenvalue weighted by atomic mass is 35.5. The van der Waals surface area contributed by atoms with E-state index >= 15 is 0 Å². The van der Waals surface area contributed by atoms with Crippen LogP contribution in [0.25, 0.3) is 0 Å². The number of hydrogen-bond donors (Lipinski definition) is 1. The molecule has 0 bridgehead atoms. The van der Waals surface area contributed by atoms with Gasteiger partial charge in [-0.15, -0.1) is 0 Å². The third kappa shape index (κ3) is 2.95. The van der Waals surface area contributed by atoms with Gasteiger partial charge in [0.25, 0.3) is 0 Å². The van der Waals surface area contributed by atoms with Crippen molar-refractivity contribution < 1.29 is 19.5 Å². The minimum Gasteiger partial charge on any atom is -0.478 e. The second kappa shape index (κ2) is 6.68. The fraction of sp³-hybridized carbons (Fsp3) is 0. The minimum absolute atomic E-state index is 0.0192. The van der Waals surface area contributed by atoms with Gasteiger partial charge in [0.1, 0.15) is 0 Å². The van der Waals surface area contributed by atoms with Gasteiger partial charge in [0.15, 0.2) is 11.6 Å². The predicted molar refractivity (Wildman–Crippen MR) is 102 cm³/mol. The van der Waals surface area contributed by atoms with Crippen LogP contribution in [0, 0.1) is 0 Å². The number of benzene rings is 3. The van der Waals surface area contributed by atoms with Gasteiger partial charge in [0.05, 0.1) is 5.56 Å². The number of carboxylic acids is 1. The van der Waals surface area contributed by atoms with Crippen LogP contribution in [0.4, 0.5) is 0 Å². The van der Waals surface area contributed by atoms with Crippen molar-refractivity contribution in [2.75, 3.05) is 0 Å². The van der Waals surface area contributed by atoms with E-state index in [4.69, 9.17) is 11.6 Å². The number of carboxylic acid groups (broad SMARTS) is 1. The average molecular weight is 395 g/mol. The Labute approximate surface area is 163 Å². The van der Waals surface area contributed by atoms with Crippen molar-refractivity contribution in [3.05, 3.63) is 93.5 Å². The summed E-state index contributed by atoms with van der Waals surface area (Å²) in [5.41, 5.74) is 0.962. The Morgan fingerprint density at radius 3 is 2.07 bits per heavy atom. The maximum absolute atomic E-state index is 13.1. The van der Waals surface area contributed by atoms with E-state index < -0.39 is 5.97 Å². The van der Waals surface area contributed by atoms with Crippen molar-refractivity contribution in [3.63, 3.8) is 0 Å². The predicted octanol–water partition coefficient (Wildman–Crippen LogP) is 4.96. The quantitative estimate of drug-likeness (QED) is 0.531. The van der Waals surface area contributed by atoms with Crippen molar-refractivity contribution in [1.29, 1.82) is 0 Å². The van der Waals surface area contributed by atoms with Gasteiger partial charge < -0.3 is 5.11 Å². The molecule has 4 rings (SSSR count). The van der Waals surface area contributed by atoms with Crippen LogP contribution in [0.5, 0.6) is 0 Å². The van der Waals surface area contributed by atoms with E-state index in [9.17, 15) is 19.5 Å². The maximum atomic E-state index is 13.1. The van der Waals surface area contributed by atoms with E-state index in [-0.39, 0.29) is 38.7 Å².